The highest BCUT2D eigenvalue weighted by Crippen LogP contribution is 2.18. The molecule has 1 aromatic rings. The van der Waals surface area contributed by atoms with Crippen LogP contribution in [0, 0.1) is 6.92 Å². The zero-order valence-corrected chi connectivity index (χ0v) is 9.10. The van der Waals surface area contributed by atoms with Crippen LogP contribution in [0.15, 0.2) is 6.07 Å². The fraction of sp³-hybridized carbons (Fsp3) is 0.600. The number of ether oxygens (including phenoxy) is 1. The Balaban J connectivity index is 2.24. The van der Waals surface area contributed by atoms with E-state index < -0.39 is 0 Å². The van der Waals surface area contributed by atoms with Crippen molar-refractivity contribution < 1.29 is 4.74 Å². The Morgan fingerprint density at radius 1 is 1.53 bits per heavy atom. The fourth-order valence-electron chi connectivity index (χ4n) is 1.74. The number of rotatable bonds is 2. The predicted molar refractivity (Wildman–Crippen MR) is 58.1 cm³/mol. The van der Waals surface area contributed by atoms with Gasteiger partial charge in [0.15, 0.2) is 0 Å². The van der Waals surface area contributed by atoms with E-state index in [2.05, 4.69) is 14.9 Å². The largest absolute Gasteiger partial charge is 0.481 e. The molecule has 1 aliphatic rings. The van der Waals surface area contributed by atoms with Gasteiger partial charge in [0.2, 0.25) is 11.8 Å². The number of aryl methyl sites for hydroxylation is 1. The van der Waals surface area contributed by atoms with Crippen molar-refractivity contribution in [3.63, 3.8) is 0 Å². The number of anilines is 1. The molecule has 2 rings (SSSR count). The van der Waals surface area contributed by atoms with E-state index in [9.17, 15) is 0 Å². The van der Waals surface area contributed by atoms with E-state index in [0.717, 1.165) is 31.2 Å². The fourth-order valence-corrected chi connectivity index (χ4v) is 1.74. The van der Waals surface area contributed by atoms with Crippen LogP contribution in [-0.2, 0) is 0 Å². The van der Waals surface area contributed by atoms with E-state index >= 15 is 0 Å². The van der Waals surface area contributed by atoms with E-state index in [4.69, 9.17) is 10.5 Å². The van der Waals surface area contributed by atoms with Gasteiger partial charge in [-0.05, 0) is 13.3 Å². The second-order valence-electron chi connectivity index (χ2n) is 3.85. The van der Waals surface area contributed by atoms with Gasteiger partial charge in [0.25, 0.3) is 0 Å². The smallest absolute Gasteiger partial charge is 0.228 e. The third-order valence-corrected chi connectivity index (χ3v) is 2.54. The standard InChI is InChI=1S/C10H16N4O/c1-7-5-9(15-2)13-10(12-7)14-4-3-8(11)6-14/h5,8H,3-4,6,11H2,1-2H3. The quantitative estimate of drug-likeness (QED) is 0.758. The van der Waals surface area contributed by atoms with Crippen molar-refractivity contribution in [2.45, 2.75) is 19.4 Å². The van der Waals surface area contributed by atoms with E-state index in [-0.39, 0.29) is 6.04 Å². The van der Waals surface area contributed by atoms with Crippen molar-refractivity contribution in [2.24, 2.45) is 5.73 Å². The van der Waals surface area contributed by atoms with Crippen LogP contribution in [0.4, 0.5) is 5.95 Å². The first-order valence-electron chi connectivity index (χ1n) is 5.09. The molecule has 0 aliphatic carbocycles. The third-order valence-electron chi connectivity index (χ3n) is 2.54. The number of hydrogen-bond donors (Lipinski definition) is 1. The lowest BCUT2D eigenvalue weighted by Gasteiger charge is -2.16. The first kappa shape index (κ1) is 10.2. The van der Waals surface area contributed by atoms with Crippen molar-refractivity contribution >= 4 is 5.95 Å². The maximum Gasteiger partial charge on any atom is 0.228 e. The Bertz CT molecular complexity index is 355. The summed E-state index contributed by atoms with van der Waals surface area (Å²) >= 11 is 0. The molecule has 82 valence electrons. The van der Waals surface area contributed by atoms with Crippen LogP contribution in [0.1, 0.15) is 12.1 Å². The minimum atomic E-state index is 0.236. The molecule has 5 nitrogen and oxygen atoms in total. The first-order valence-corrected chi connectivity index (χ1v) is 5.09. The predicted octanol–water partition coefficient (Wildman–Crippen LogP) is 0.331. The third kappa shape index (κ3) is 2.18. The Labute approximate surface area is 89.3 Å². The van der Waals surface area contributed by atoms with Gasteiger partial charge in [0.1, 0.15) is 0 Å². The van der Waals surface area contributed by atoms with Gasteiger partial charge in [-0.2, -0.15) is 4.98 Å². The number of nitrogens with zero attached hydrogens (tertiary/aromatic N) is 3. The zero-order chi connectivity index (χ0) is 10.8. The summed E-state index contributed by atoms with van der Waals surface area (Å²) in [6.07, 6.45) is 1.000. The maximum absolute atomic E-state index is 5.84. The van der Waals surface area contributed by atoms with Crippen molar-refractivity contribution in [3.05, 3.63) is 11.8 Å². The van der Waals surface area contributed by atoms with Gasteiger partial charge < -0.3 is 15.4 Å². The molecule has 1 unspecified atom stereocenters. The molecule has 5 heteroatoms. The highest BCUT2D eigenvalue weighted by atomic mass is 16.5. The highest BCUT2D eigenvalue weighted by Gasteiger charge is 2.21. The summed E-state index contributed by atoms with van der Waals surface area (Å²) in [5.41, 5.74) is 6.76. The van der Waals surface area contributed by atoms with E-state index in [1.165, 1.54) is 0 Å². The second-order valence-corrected chi connectivity index (χ2v) is 3.85. The minimum absolute atomic E-state index is 0.236. The molecule has 1 aliphatic heterocycles. The highest BCUT2D eigenvalue weighted by molar-refractivity contribution is 5.36. The molecule has 1 saturated heterocycles. The lowest BCUT2D eigenvalue weighted by Crippen LogP contribution is -2.27. The molecule has 0 aromatic carbocycles. The number of hydrogen-bond acceptors (Lipinski definition) is 5. The van der Waals surface area contributed by atoms with Gasteiger partial charge in [-0.1, -0.05) is 0 Å². The number of nitrogens with two attached hydrogens (primary N) is 1. The average Bonchev–Trinajstić information content (AvgIpc) is 2.64. The Morgan fingerprint density at radius 2 is 2.33 bits per heavy atom. The molecule has 0 spiro atoms. The van der Waals surface area contributed by atoms with Crippen molar-refractivity contribution in [1.29, 1.82) is 0 Å². The van der Waals surface area contributed by atoms with Crippen LogP contribution >= 0.6 is 0 Å². The summed E-state index contributed by atoms with van der Waals surface area (Å²) in [5, 5.41) is 0. The van der Waals surface area contributed by atoms with Crippen molar-refractivity contribution in [1.82, 2.24) is 9.97 Å². The molecule has 0 radical (unpaired) electrons. The van der Waals surface area contributed by atoms with Crippen molar-refractivity contribution in [2.75, 3.05) is 25.1 Å². The van der Waals surface area contributed by atoms with Crippen molar-refractivity contribution in [3.8, 4) is 5.88 Å². The van der Waals surface area contributed by atoms with E-state index in [0.29, 0.717) is 5.88 Å². The first-order chi connectivity index (χ1) is 7.19. The molecule has 0 bridgehead atoms. The monoisotopic (exact) mass is 208 g/mol. The molecule has 2 heterocycles. The Hall–Kier alpha value is -1.36. The van der Waals surface area contributed by atoms with Crippen LogP contribution in [0.3, 0.4) is 0 Å². The summed E-state index contributed by atoms with van der Waals surface area (Å²) in [5.74, 6) is 1.33. The summed E-state index contributed by atoms with van der Waals surface area (Å²) < 4.78 is 5.11. The van der Waals surface area contributed by atoms with Gasteiger partial charge in [-0.3, -0.25) is 0 Å². The minimum Gasteiger partial charge on any atom is -0.481 e. The molecular weight excluding hydrogens is 192 g/mol. The van der Waals surface area contributed by atoms with Crippen LogP contribution in [0.25, 0.3) is 0 Å². The van der Waals surface area contributed by atoms with Gasteiger partial charge in [0.05, 0.1) is 7.11 Å². The molecule has 0 saturated carbocycles. The van der Waals surface area contributed by atoms with Gasteiger partial charge in [-0.15, -0.1) is 0 Å². The Kier molecular flexibility index (Phi) is 2.73. The number of methoxy groups -OCH3 is 1. The molecule has 1 atom stereocenters. The summed E-state index contributed by atoms with van der Waals surface area (Å²) in [4.78, 5) is 10.8. The molecule has 0 amide bonds. The average molecular weight is 208 g/mol. The van der Waals surface area contributed by atoms with E-state index in [1.54, 1.807) is 7.11 Å². The van der Waals surface area contributed by atoms with Gasteiger partial charge in [-0.25, -0.2) is 4.98 Å². The lowest BCUT2D eigenvalue weighted by atomic mass is 10.3. The molecule has 1 aromatic heterocycles. The number of aromatic nitrogens is 2. The molecule has 2 N–H and O–H groups in total. The molecule has 15 heavy (non-hydrogen) atoms. The van der Waals surface area contributed by atoms with Gasteiger partial charge >= 0.3 is 0 Å². The van der Waals surface area contributed by atoms with Crippen LogP contribution in [0.5, 0.6) is 5.88 Å². The van der Waals surface area contributed by atoms with Crippen LogP contribution in [0.2, 0.25) is 0 Å². The maximum atomic E-state index is 5.84. The molecular formula is C10H16N4O. The summed E-state index contributed by atoms with van der Waals surface area (Å²) in [6.45, 7) is 3.68. The Morgan fingerprint density at radius 3 is 2.93 bits per heavy atom. The van der Waals surface area contributed by atoms with E-state index in [1.807, 2.05) is 13.0 Å². The van der Waals surface area contributed by atoms with Crippen LogP contribution < -0.4 is 15.4 Å². The summed E-state index contributed by atoms with van der Waals surface area (Å²) in [7, 11) is 1.61. The normalized spacial score (nSPS) is 20.7. The van der Waals surface area contributed by atoms with Gasteiger partial charge in [0, 0.05) is 30.9 Å². The second kappa shape index (κ2) is 4.02. The van der Waals surface area contributed by atoms with Crippen LogP contribution in [-0.4, -0.2) is 36.2 Å². The summed E-state index contributed by atoms with van der Waals surface area (Å²) in [6, 6.07) is 2.06. The molecule has 1 fully saturated rings. The SMILES string of the molecule is COc1cc(C)nc(N2CCC(N)C2)n1. The lowest BCUT2D eigenvalue weighted by molar-refractivity contribution is 0.396. The zero-order valence-electron chi connectivity index (χ0n) is 9.10. The topological polar surface area (TPSA) is 64.3 Å².